The largest absolute Gasteiger partial charge is 0.444 e. The van der Waals surface area contributed by atoms with Crippen molar-refractivity contribution in [3.8, 4) is 0 Å². The van der Waals surface area contributed by atoms with Gasteiger partial charge in [-0.2, -0.15) is 13.1 Å². The lowest BCUT2D eigenvalue weighted by Gasteiger charge is -2.08. The highest BCUT2D eigenvalue weighted by Crippen LogP contribution is 2.00. The van der Waals surface area contributed by atoms with Crippen molar-refractivity contribution in [2.75, 3.05) is 6.54 Å². The number of hydrogen-bond donors (Lipinski definition) is 2. The number of hydrogen-bond acceptors (Lipinski definition) is 4. The molecule has 18 heavy (non-hydrogen) atoms. The molecule has 1 aromatic rings. The molecule has 6 nitrogen and oxygen atoms in total. The van der Waals surface area contributed by atoms with Gasteiger partial charge in [0, 0.05) is 6.54 Å². The molecule has 0 heterocycles. The number of nitrogens with one attached hydrogen (secondary N) is 2. The third kappa shape index (κ3) is 5.65. The summed E-state index contributed by atoms with van der Waals surface area (Å²) in [6.45, 7) is 2.10. The molecule has 0 radical (unpaired) electrons. The average molecular weight is 272 g/mol. The Bertz CT molecular complexity index is 473. The van der Waals surface area contributed by atoms with Crippen LogP contribution >= 0.6 is 0 Å². The number of rotatable bonds is 6. The van der Waals surface area contributed by atoms with Gasteiger partial charge in [-0.15, -0.1) is 0 Å². The first kappa shape index (κ1) is 14.5. The van der Waals surface area contributed by atoms with Crippen LogP contribution in [-0.4, -0.2) is 21.1 Å². The van der Waals surface area contributed by atoms with Gasteiger partial charge >= 0.3 is 16.3 Å². The van der Waals surface area contributed by atoms with Crippen molar-refractivity contribution >= 4 is 16.3 Å². The molecule has 0 atom stereocenters. The van der Waals surface area contributed by atoms with Gasteiger partial charge in [0.1, 0.15) is 6.61 Å². The maximum absolute atomic E-state index is 11.3. The summed E-state index contributed by atoms with van der Waals surface area (Å²) in [5.74, 6) is 0. The molecule has 1 aromatic carbocycles. The molecule has 0 aliphatic carbocycles. The molecule has 1 rings (SSSR count). The fourth-order valence-corrected chi connectivity index (χ4v) is 1.96. The van der Waals surface area contributed by atoms with Crippen LogP contribution in [0.25, 0.3) is 0 Å². The fourth-order valence-electron chi connectivity index (χ4n) is 1.13. The van der Waals surface area contributed by atoms with Crippen LogP contribution < -0.4 is 9.44 Å². The van der Waals surface area contributed by atoms with E-state index in [1.807, 2.05) is 13.0 Å². The SMILES string of the molecule is CCCNS(=O)(=O)NC(=O)OCc1ccccc1. The Morgan fingerprint density at radius 2 is 1.94 bits per heavy atom. The highest BCUT2D eigenvalue weighted by molar-refractivity contribution is 7.88. The Kier molecular flexibility index (Phi) is 5.60. The molecule has 0 aliphatic rings. The molecule has 0 aliphatic heterocycles. The first-order valence-electron chi connectivity index (χ1n) is 5.51. The maximum Gasteiger partial charge on any atom is 0.422 e. The summed E-state index contributed by atoms with van der Waals surface area (Å²) in [5.41, 5.74) is 0.784. The van der Waals surface area contributed by atoms with Gasteiger partial charge in [0.25, 0.3) is 0 Å². The quantitative estimate of drug-likeness (QED) is 0.813. The van der Waals surface area contributed by atoms with Crippen LogP contribution in [0.15, 0.2) is 30.3 Å². The van der Waals surface area contributed by atoms with E-state index in [0.29, 0.717) is 6.42 Å². The molecule has 0 unspecified atom stereocenters. The van der Waals surface area contributed by atoms with E-state index in [1.54, 1.807) is 29.0 Å². The van der Waals surface area contributed by atoms with Gasteiger partial charge in [-0.3, -0.25) is 0 Å². The second-order valence-electron chi connectivity index (χ2n) is 3.56. The van der Waals surface area contributed by atoms with Crippen LogP contribution in [0.4, 0.5) is 4.79 Å². The Morgan fingerprint density at radius 1 is 1.28 bits per heavy atom. The summed E-state index contributed by atoms with van der Waals surface area (Å²) in [5, 5.41) is 0. The topological polar surface area (TPSA) is 84.5 Å². The zero-order chi connectivity index (χ0) is 13.4. The third-order valence-electron chi connectivity index (χ3n) is 1.97. The second kappa shape index (κ2) is 6.97. The summed E-state index contributed by atoms with van der Waals surface area (Å²) in [4.78, 5) is 11.2. The zero-order valence-electron chi connectivity index (χ0n) is 10.0. The number of carbonyl (C=O) groups excluding carboxylic acids is 1. The highest BCUT2D eigenvalue weighted by atomic mass is 32.2. The number of benzene rings is 1. The standard InChI is InChI=1S/C11H16N2O4S/c1-2-8-12-18(15,16)13-11(14)17-9-10-6-4-3-5-7-10/h3-7,12H,2,8-9H2,1H3,(H,13,14). The molecule has 0 spiro atoms. The minimum absolute atomic E-state index is 0.0238. The number of carbonyl (C=O) groups is 1. The summed E-state index contributed by atoms with van der Waals surface area (Å²) < 4.78 is 31.3. The molecule has 0 aromatic heterocycles. The van der Waals surface area contributed by atoms with Crippen LogP contribution in [0.2, 0.25) is 0 Å². The normalized spacial score (nSPS) is 10.9. The molecule has 0 bridgehead atoms. The van der Waals surface area contributed by atoms with Crippen molar-refractivity contribution in [1.29, 1.82) is 0 Å². The lowest BCUT2D eigenvalue weighted by atomic mass is 10.2. The molecule has 0 fully saturated rings. The summed E-state index contributed by atoms with van der Waals surface area (Å²) >= 11 is 0. The van der Waals surface area contributed by atoms with Gasteiger partial charge in [0.2, 0.25) is 0 Å². The lowest BCUT2D eigenvalue weighted by molar-refractivity contribution is 0.146. The first-order chi connectivity index (χ1) is 8.53. The predicted octanol–water partition coefficient (Wildman–Crippen LogP) is 1.16. The van der Waals surface area contributed by atoms with Gasteiger partial charge in [-0.1, -0.05) is 37.3 Å². The van der Waals surface area contributed by atoms with Crippen molar-refractivity contribution < 1.29 is 17.9 Å². The van der Waals surface area contributed by atoms with E-state index < -0.39 is 16.3 Å². The van der Waals surface area contributed by atoms with Crippen molar-refractivity contribution in [3.05, 3.63) is 35.9 Å². The van der Waals surface area contributed by atoms with Crippen LogP contribution in [0.1, 0.15) is 18.9 Å². The molecule has 100 valence electrons. The van der Waals surface area contributed by atoms with Gasteiger partial charge in [0.05, 0.1) is 0 Å². The van der Waals surface area contributed by atoms with Crippen LogP contribution in [0, 0.1) is 0 Å². The number of ether oxygens (including phenoxy) is 1. The van der Waals surface area contributed by atoms with Crippen molar-refractivity contribution in [2.45, 2.75) is 20.0 Å². The van der Waals surface area contributed by atoms with Crippen molar-refractivity contribution in [1.82, 2.24) is 9.44 Å². The van der Waals surface area contributed by atoms with Crippen molar-refractivity contribution in [3.63, 3.8) is 0 Å². The third-order valence-corrected chi connectivity index (χ3v) is 2.99. The van der Waals surface area contributed by atoms with Gasteiger partial charge in [0.15, 0.2) is 0 Å². The van der Waals surface area contributed by atoms with Crippen LogP contribution in [-0.2, 0) is 21.6 Å². The maximum atomic E-state index is 11.3. The summed E-state index contributed by atoms with van der Waals surface area (Å²) in [6, 6.07) is 8.99. The van der Waals surface area contributed by atoms with Gasteiger partial charge in [-0.05, 0) is 12.0 Å². The molecular weight excluding hydrogens is 256 g/mol. The highest BCUT2D eigenvalue weighted by Gasteiger charge is 2.13. The van der Waals surface area contributed by atoms with Crippen LogP contribution in [0.3, 0.4) is 0 Å². The lowest BCUT2D eigenvalue weighted by Crippen LogP contribution is -2.40. The Morgan fingerprint density at radius 3 is 2.56 bits per heavy atom. The Labute approximate surface area is 107 Å². The first-order valence-corrected chi connectivity index (χ1v) is 7.00. The molecule has 2 N–H and O–H groups in total. The summed E-state index contributed by atoms with van der Waals surface area (Å²) in [7, 11) is -3.82. The predicted molar refractivity (Wildman–Crippen MR) is 67.0 cm³/mol. The van der Waals surface area contributed by atoms with E-state index in [-0.39, 0.29) is 13.2 Å². The average Bonchev–Trinajstić information content (AvgIpc) is 2.35. The minimum atomic E-state index is -3.82. The van der Waals surface area contributed by atoms with E-state index in [0.717, 1.165) is 5.56 Å². The molecule has 7 heteroatoms. The molecular formula is C11H16N2O4S. The van der Waals surface area contributed by atoms with Crippen molar-refractivity contribution in [2.24, 2.45) is 0 Å². The van der Waals surface area contributed by atoms with E-state index >= 15 is 0 Å². The Balaban J connectivity index is 2.38. The van der Waals surface area contributed by atoms with E-state index in [1.165, 1.54) is 0 Å². The molecule has 0 saturated carbocycles. The van der Waals surface area contributed by atoms with Gasteiger partial charge in [-0.25, -0.2) is 9.52 Å². The Hall–Kier alpha value is -1.60. The minimum Gasteiger partial charge on any atom is -0.444 e. The second-order valence-corrected chi connectivity index (χ2v) is 5.06. The fraction of sp³-hybridized carbons (Fsp3) is 0.364. The van der Waals surface area contributed by atoms with Gasteiger partial charge < -0.3 is 4.74 Å². The van der Waals surface area contributed by atoms with E-state index in [4.69, 9.17) is 4.74 Å². The molecule has 0 saturated heterocycles. The molecule has 1 amide bonds. The zero-order valence-corrected chi connectivity index (χ0v) is 10.9. The smallest absolute Gasteiger partial charge is 0.422 e. The van der Waals surface area contributed by atoms with E-state index in [9.17, 15) is 13.2 Å². The van der Waals surface area contributed by atoms with E-state index in [2.05, 4.69) is 4.72 Å². The number of amides is 1. The summed E-state index contributed by atoms with van der Waals surface area (Å²) in [6.07, 6.45) is -0.359. The monoisotopic (exact) mass is 272 g/mol. The van der Waals surface area contributed by atoms with Crippen LogP contribution in [0.5, 0.6) is 0 Å².